The van der Waals surface area contributed by atoms with Crippen LogP contribution in [-0.2, 0) is 0 Å². The second-order valence-electron chi connectivity index (χ2n) is 3.84. The Labute approximate surface area is 106 Å². The lowest BCUT2D eigenvalue weighted by molar-refractivity contribution is 0.340. The van der Waals surface area contributed by atoms with Gasteiger partial charge in [-0.05, 0) is 49.6 Å². The van der Waals surface area contributed by atoms with Gasteiger partial charge in [-0.15, -0.1) is 11.3 Å². The Balaban J connectivity index is 1.99. The minimum atomic E-state index is 0.341. The van der Waals surface area contributed by atoms with Gasteiger partial charge in [-0.25, -0.2) is 0 Å². The van der Waals surface area contributed by atoms with Gasteiger partial charge < -0.3 is 10.1 Å². The summed E-state index contributed by atoms with van der Waals surface area (Å²) in [6.07, 6.45) is 0. The molecule has 1 unspecified atom stereocenters. The molecular formula is C14H17NOS. The zero-order valence-corrected chi connectivity index (χ0v) is 11.0. The molecule has 0 aliphatic heterocycles. The lowest BCUT2D eigenvalue weighted by Gasteiger charge is -2.14. The van der Waals surface area contributed by atoms with Gasteiger partial charge in [0.05, 0.1) is 12.6 Å². The Morgan fingerprint density at radius 3 is 2.59 bits per heavy atom. The lowest BCUT2D eigenvalue weighted by Crippen LogP contribution is -2.04. The molecule has 1 aromatic heterocycles. The monoisotopic (exact) mass is 247 g/mol. The SMILES string of the molecule is CCOc1ccc(NC(C)c2cccs2)cc1. The van der Waals surface area contributed by atoms with E-state index in [9.17, 15) is 0 Å². The third-order valence-electron chi connectivity index (χ3n) is 2.52. The molecule has 1 atom stereocenters. The van der Waals surface area contributed by atoms with Gasteiger partial charge in [-0.2, -0.15) is 0 Å². The maximum Gasteiger partial charge on any atom is 0.119 e. The smallest absolute Gasteiger partial charge is 0.119 e. The van der Waals surface area contributed by atoms with Crippen LogP contribution in [0.2, 0.25) is 0 Å². The van der Waals surface area contributed by atoms with E-state index in [1.807, 2.05) is 19.1 Å². The van der Waals surface area contributed by atoms with Gasteiger partial charge in [0.2, 0.25) is 0 Å². The van der Waals surface area contributed by atoms with Crippen LogP contribution in [0.4, 0.5) is 5.69 Å². The van der Waals surface area contributed by atoms with E-state index in [-0.39, 0.29) is 0 Å². The van der Waals surface area contributed by atoms with Crippen LogP contribution in [0.5, 0.6) is 5.75 Å². The second kappa shape index (κ2) is 5.73. The molecule has 1 N–H and O–H groups in total. The van der Waals surface area contributed by atoms with Crippen molar-refractivity contribution < 1.29 is 4.74 Å². The van der Waals surface area contributed by atoms with Crippen LogP contribution in [0.1, 0.15) is 24.8 Å². The molecule has 90 valence electrons. The molecule has 0 aliphatic rings. The number of hydrogen-bond acceptors (Lipinski definition) is 3. The molecule has 0 saturated carbocycles. The summed E-state index contributed by atoms with van der Waals surface area (Å²) in [6.45, 7) is 4.87. The van der Waals surface area contributed by atoms with Crippen LogP contribution in [0, 0.1) is 0 Å². The highest BCUT2D eigenvalue weighted by molar-refractivity contribution is 7.10. The lowest BCUT2D eigenvalue weighted by atomic mass is 10.2. The molecule has 17 heavy (non-hydrogen) atoms. The molecule has 0 amide bonds. The van der Waals surface area contributed by atoms with Crippen molar-refractivity contribution in [1.29, 1.82) is 0 Å². The predicted molar refractivity (Wildman–Crippen MR) is 74.0 cm³/mol. The van der Waals surface area contributed by atoms with Crippen LogP contribution in [0.3, 0.4) is 0 Å². The molecule has 0 bridgehead atoms. The highest BCUT2D eigenvalue weighted by Gasteiger charge is 2.05. The molecule has 3 heteroatoms. The van der Waals surface area contributed by atoms with E-state index in [1.54, 1.807) is 11.3 Å². The number of thiophene rings is 1. The Hall–Kier alpha value is -1.48. The summed E-state index contributed by atoms with van der Waals surface area (Å²) in [4.78, 5) is 1.35. The molecule has 0 aliphatic carbocycles. The van der Waals surface area contributed by atoms with Gasteiger partial charge in [0.1, 0.15) is 5.75 Å². The summed E-state index contributed by atoms with van der Waals surface area (Å²) in [5.41, 5.74) is 1.12. The average molecular weight is 247 g/mol. The van der Waals surface area contributed by atoms with Crippen molar-refractivity contribution in [2.24, 2.45) is 0 Å². The molecular weight excluding hydrogens is 230 g/mol. The third-order valence-corrected chi connectivity index (χ3v) is 3.57. The zero-order chi connectivity index (χ0) is 12.1. The molecule has 0 saturated heterocycles. The summed E-state index contributed by atoms with van der Waals surface area (Å²) >= 11 is 1.77. The van der Waals surface area contributed by atoms with Crippen molar-refractivity contribution in [1.82, 2.24) is 0 Å². The van der Waals surface area contributed by atoms with E-state index in [0.29, 0.717) is 12.6 Å². The van der Waals surface area contributed by atoms with Crippen molar-refractivity contribution in [2.45, 2.75) is 19.9 Å². The Kier molecular flexibility index (Phi) is 4.04. The van der Waals surface area contributed by atoms with Gasteiger partial charge in [0.25, 0.3) is 0 Å². The average Bonchev–Trinajstić information content (AvgIpc) is 2.86. The van der Waals surface area contributed by atoms with Gasteiger partial charge >= 0.3 is 0 Å². The van der Waals surface area contributed by atoms with Crippen molar-refractivity contribution >= 4 is 17.0 Å². The van der Waals surface area contributed by atoms with Gasteiger partial charge in [-0.3, -0.25) is 0 Å². The first-order valence-corrected chi connectivity index (χ1v) is 6.70. The summed E-state index contributed by atoms with van der Waals surface area (Å²) in [7, 11) is 0. The summed E-state index contributed by atoms with van der Waals surface area (Å²) in [5.74, 6) is 0.918. The molecule has 1 heterocycles. The van der Waals surface area contributed by atoms with Crippen molar-refractivity contribution in [3.05, 3.63) is 46.7 Å². The third kappa shape index (κ3) is 3.24. The van der Waals surface area contributed by atoms with E-state index in [1.165, 1.54) is 4.88 Å². The van der Waals surface area contributed by atoms with E-state index < -0.39 is 0 Å². The zero-order valence-electron chi connectivity index (χ0n) is 10.1. The van der Waals surface area contributed by atoms with E-state index in [2.05, 4.69) is 41.9 Å². The first-order valence-electron chi connectivity index (χ1n) is 5.82. The minimum absolute atomic E-state index is 0.341. The van der Waals surface area contributed by atoms with Gasteiger partial charge in [0.15, 0.2) is 0 Å². The molecule has 2 aromatic rings. The topological polar surface area (TPSA) is 21.3 Å². The standard InChI is InChI=1S/C14H17NOS/c1-3-16-13-8-6-12(7-9-13)15-11(2)14-5-4-10-17-14/h4-11,15H,3H2,1-2H3. The van der Waals surface area contributed by atoms with E-state index >= 15 is 0 Å². The van der Waals surface area contributed by atoms with Crippen LogP contribution >= 0.6 is 11.3 Å². The van der Waals surface area contributed by atoms with E-state index in [0.717, 1.165) is 11.4 Å². The normalized spacial score (nSPS) is 12.1. The highest BCUT2D eigenvalue weighted by Crippen LogP contribution is 2.24. The first-order chi connectivity index (χ1) is 8.29. The molecule has 2 nitrogen and oxygen atoms in total. The quantitative estimate of drug-likeness (QED) is 0.849. The van der Waals surface area contributed by atoms with Crippen LogP contribution in [0.25, 0.3) is 0 Å². The number of ether oxygens (including phenoxy) is 1. The second-order valence-corrected chi connectivity index (χ2v) is 4.82. The molecule has 2 rings (SSSR count). The van der Waals surface area contributed by atoms with Crippen molar-refractivity contribution in [3.8, 4) is 5.75 Å². The van der Waals surface area contributed by atoms with E-state index in [4.69, 9.17) is 4.74 Å². The Bertz CT molecular complexity index is 436. The number of anilines is 1. The number of benzene rings is 1. The fourth-order valence-corrected chi connectivity index (χ4v) is 2.41. The molecule has 0 fully saturated rings. The summed E-state index contributed by atoms with van der Waals surface area (Å²) in [5, 5.41) is 5.57. The summed E-state index contributed by atoms with van der Waals surface area (Å²) in [6, 6.07) is 12.7. The molecule has 0 spiro atoms. The minimum Gasteiger partial charge on any atom is -0.494 e. The summed E-state index contributed by atoms with van der Waals surface area (Å²) < 4.78 is 5.41. The Morgan fingerprint density at radius 1 is 1.24 bits per heavy atom. The van der Waals surface area contributed by atoms with Gasteiger partial charge in [0, 0.05) is 10.6 Å². The fourth-order valence-electron chi connectivity index (χ4n) is 1.67. The van der Waals surface area contributed by atoms with Crippen LogP contribution < -0.4 is 10.1 Å². The molecule has 0 radical (unpaired) electrons. The van der Waals surface area contributed by atoms with Crippen LogP contribution in [-0.4, -0.2) is 6.61 Å². The number of rotatable bonds is 5. The first kappa shape index (κ1) is 12.0. The van der Waals surface area contributed by atoms with Gasteiger partial charge in [-0.1, -0.05) is 6.07 Å². The predicted octanol–water partition coefficient (Wildman–Crippen LogP) is 4.32. The highest BCUT2D eigenvalue weighted by atomic mass is 32.1. The number of nitrogens with one attached hydrogen (secondary N) is 1. The van der Waals surface area contributed by atoms with Crippen LogP contribution in [0.15, 0.2) is 41.8 Å². The van der Waals surface area contributed by atoms with Crippen molar-refractivity contribution in [3.63, 3.8) is 0 Å². The fraction of sp³-hybridized carbons (Fsp3) is 0.286. The number of hydrogen-bond donors (Lipinski definition) is 1. The maximum absolute atomic E-state index is 5.41. The van der Waals surface area contributed by atoms with Crippen molar-refractivity contribution in [2.75, 3.05) is 11.9 Å². The largest absolute Gasteiger partial charge is 0.494 e. The molecule has 1 aromatic carbocycles. The Morgan fingerprint density at radius 2 is 2.00 bits per heavy atom. The maximum atomic E-state index is 5.41.